The molecule has 20 heterocycles. The molecule has 4 aliphatic heterocycles. The van der Waals surface area contributed by atoms with Crippen LogP contribution in [0.15, 0.2) is 147 Å². The Morgan fingerprint density at radius 3 is 0.729 bits per heavy atom. The van der Waals surface area contributed by atoms with E-state index in [1.165, 1.54) is 24.8 Å². The standard InChI is InChI=1S/4C25H29N7O4/c4*1-26-22-10-18(29-24-15(11-28-32(22)24)25(34)30-17-5-6-20(17)33)16-12-31(23-14(16)4-3-8-27-23)19-7-9-36-13-21(19)35-2/h4*3-4,8,10-12,17,19-21,26,33H,5-7,9,13H2,1-2H3,(H,30,34)/t17?,19-,20-,21+;17?,19-,20-,21-;17-,19+,20+,21+;17-,19-,20+,21-/m1101/s1. The summed E-state index contributed by atoms with van der Waals surface area (Å²) in [5.41, 5.74) is 13.0. The van der Waals surface area contributed by atoms with Crippen molar-refractivity contribution in [2.75, 3.05) is 131 Å². The third-order valence-electron chi connectivity index (χ3n) is 29.3. The second kappa shape index (κ2) is 41.3. The van der Waals surface area contributed by atoms with Crippen molar-refractivity contribution in [2.45, 2.75) is 174 Å². The fourth-order valence-electron chi connectivity index (χ4n) is 20.5. The van der Waals surface area contributed by atoms with Crippen LogP contribution in [0, 0.1) is 0 Å². The highest BCUT2D eigenvalue weighted by molar-refractivity contribution is 6.05. The van der Waals surface area contributed by atoms with Gasteiger partial charge in [-0.25, -0.2) is 39.9 Å². The zero-order valence-corrected chi connectivity index (χ0v) is 80.9. The molecule has 44 heteroatoms. The maximum absolute atomic E-state index is 13.0. The molecule has 8 aliphatic rings. The molecule has 0 radical (unpaired) electrons. The number of hydrogen-bond acceptors (Lipinski definition) is 32. The third kappa shape index (κ3) is 18.0. The van der Waals surface area contributed by atoms with E-state index in [0.717, 1.165) is 118 Å². The Morgan fingerprint density at radius 2 is 0.542 bits per heavy atom. The molecule has 4 saturated heterocycles. The Balaban J connectivity index is 0.000000113. The molecule has 16 atom stereocenters. The number of hydrogen-bond donors (Lipinski definition) is 12. The van der Waals surface area contributed by atoms with E-state index in [1.54, 1.807) is 99.5 Å². The quantitative estimate of drug-likeness (QED) is 0.0272. The molecule has 0 spiro atoms. The summed E-state index contributed by atoms with van der Waals surface area (Å²) in [5.74, 6) is 1.60. The topological polar surface area (TPSA) is 511 Å². The molecule has 4 aliphatic carbocycles. The van der Waals surface area contributed by atoms with Gasteiger partial charge in [0.1, 0.15) is 92.5 Å². The number of nitrogens with one attached hydrogen (secondary N) is 8. The SMILES string of the molecule is CNc1cc(-c2cn([C@@H]3CCOC[C@@H]3OC)c3ncccc23)nc2c(C(=O)NC3CC[C@H]3O)cnn12.CNc1cc(-c2cn([C@@H]3CCOC[C@H]3OC)c3ncccc23)nc2c(C(=O)NC3CC[C@H]3O)cnn12.CNc1cc(-c2cn([C@@H]3CCOC[C@H]3OC)c3ncccc23)nc2c(C(=O)N[C@@H]3CC[C@@H]3O)cnn12.CNc1cc(-c2cn([C@@H]3CCOC[C@H]3OC)c3ncccc23)nc2c(C(=O)N[C@H]3CC[C@H]3O)cnn12. The van der Waals surface area contributed by atoms with Gasteiger partial charge in [0.2, 0.25) is 0 Å². The molecule has 44 nitrogen and oxygen atoms in total. The number of carbonyl (C=O) groups is 4. The molecule has 8 fully saturated rings. The van der Waals surface area contributed by atoms with Crippen molar-refractivity contribution in [3.05, 3.63) is 169 Å². The van der Waals surface area contributed by atoms with E-state index in [2.05, 4.69) is 126 Å². The highest BCUT2D eigenvalue weighted by Gasteiger charge is 2.40. The predicted octanol–water partition coefficient (Wildman–Crippen LogP) is 8.07. The summed E-state index contributed by atoms with van der Waals surface area (Å²) >= 11 is 0. The van der Waals surface area contributed by atoms with Crippen LogP contribution in [0.4, 0.5) is 23.3 Å². The fraction of sp³-hybridized carbons (Fsp3) is 0.440. The number of fused-ring (bicyclic) bond motifs is 8. The van der Waals surface area contributed by atoms with Gasteiger partial charge < -0.3 is 119 Å². The molecular formula is C100H116N28O16. The van der Waals surface area contributed by atoms with Crippen molar-refractivity contribution in [1.29, 1.82) is 0 Å². The molecule has 16 aromatic rings. The first kappa shape index (κ1) is 96.0. The first-order chi connectivity index (χ1) is 70.3. The molecule has 4 saturated carbocycles. The zero-order chi connectivity index (χ0) is 99.2. The smallest absolute Gasteiger partial charge is 0.257 e. The van der Waals surface area contributed by atoms with Crippen LogP contribution < -0.4 is 42.5 Å². The van der Waals surface area contributed by atoms with E-state index in [-0.39, 0.29) is 96.4 Å². The fourth-order valence-corrected chi connectivity index (χ4v) is 20.5. The molecule has 144 heavy (non-hydrogen) atoms. The number of anilines is 4. The average Bonchev–Trinajstić information content (AvgIpc) is 1.61. The summed E-state index contributed by atoms with van der Waals surface area (Å²) < 4.78 is 60.6. The van der Waals surface area contributed by atoms with Crippen molar-refractivity contribution in [1.82, 2.24) is 118 Å². The Hall–Kier alpha value is -14.2. The van der Waals surface area contributed by atoms with Crippen molar-refractivity contribution >= 4 is 114 Å². The van der Waals surface area contributed by atoms with Gasteiger partial charge in [-0.1, -0.05) is 0 Å². The number of ether oxygens (including phenoxy) is 8. The predicted molar refractivity (Wildman–Crippen MR) is 532 cm³/mol. The summed E-state index contributed by atoms with van der Waals surface area (Å²) in [5, 5.41) is 85.3. The molecular weight excluding hydrogens is 1850 g/mol. The molecule has 2 unspecified atom stereocenters. The molecule has 752 valence electrons. The molecule has 4 amide bonds. The van der Waals surface area contributed by atoms with Gasteiger partial charge in [-0.3, -0.25) is 19.2 Å². The van der Waals surface area contributed by atoms with Gasteiger partial charge in [0.05, 0.1) is 147 Å². The summed E-state index contributed by atoms with van der Waals surface area (Å²) in [4.78, 5) is 90.4. The average molecular weight is 1970 g/mol. The van der Waals surface area contributed by atoms with E-state index in [9.17, 15) is 39.6 Å². The van der Waals surface area contributed by atoms with Gasteiger partial charge >= 0.3 is 0 Å². The molecule has 0 aromatic carbocycles. The molecule has 16 aromatic heterocycles. The van der Waals surface area contributed by atoms with Crippen molar-refractivity contribution < 1.29 is 77.5 Å². The number of aromatic nitrogens is 20. The Morgan fingerprint density at radius 1 is 0.319 bits per heavy atom. The van der Waals surface area contributed by atoms with Gasteiger partial charge in [0, 0.05) is 201 Å². The highest BCUT2D eigenvalue weighted by Crippen LogP contribution is 2.43. The number of carbonyl (C=O) groups excluding carboxylic acids is 4. The number of nitrogens with zero attached hydrogens (tertiary/aromatic N) is 20. The van der Waals surface area contributed by atoms with Crippen LogP contribution >= 0.6 is 0 Å². The normalized spacial score (nSPS) is 24.1. The van der Waals surface area contributed by atoms with Crippen molar-refractivity contribution in [2.24, 2.45) is 0 Å². The van der Waals surface area contributed by atoms with Crippen LogP contribution in [0.1, 0.15) is 143 Å². The van der Waals surface area contributed by atoms with Crippen LogP contribution in [-0.2, 0) is 37.9 Å². The number of rotatable bonds is 24. The Labute approximate surface area is 824 Å². The molecule has 0 bridgehead atoms. The summed E-state index contributed by atoms with van der Waals surface area (Å²) in [6, 6.07) is 22.8. The van der Waals surface area contributed by atoms with Crippen LogP contribution in [-0.4, -0.2) is 323 Å². The van der Waals surface area contributed by atoms with E-state index in [4.69, 9.17) is 57.8 Å². The third-order valence-corrected chi connectivity index (χ3v) is 29.3. The zero-order valence-electron chi connectivity index (χ0n) is 80.9. The van der Waals surface area contributed by atoms with Crippen molar-refractivity contribution in [3.8, 4) is 45.0 Å². The van der Waals surface area contributed by atoms with Crippen molar-refractivity contribution in [3.63, 3.8) is 0 Å². The number of aliphatic hydroxyl groups excluding tert-OH is 4. The molecule has 24 rings (SSSR count). The minimum absolute atomic E-state index is 0.0765. The van der Waals surface area contributed by atoms with E-state index in [0.29, 0.717) is 169 Å². The summed E-state index contributed by atoms with van der Waals surface area (Å²) in [6.45, 7) is 4.74. The van der Waals surface area contributed by atoms with Gasteiger partial charge in [-0.05, 0) is 126 Å². The Bertz CT molecular complexity index is 6590. The minimum Gasteiger partial charge on any atom is -0.391 e. The van der Waals surface area contributed by atoms with Crippen LogP contribution in [0.5, 0.6) is 0 Å². The maximum Gasteiger partial charge on any atom is 0.257 e. The van der Waals surface area contributed by atoms with Gasteiger partial charge in [0.25, 0.3) is 23.6 Å². The lowest BCUT2D eigenvalue weighted by atomic mass is 9.89. The van der Waals surface area contributed by atoms with Gasteiger partial charge in [0.15, 0.2) is 22.6 Å². The van der Waals surface area contributed by atoms with E-state index < -0.39 is 24.4 Å². The van der Waals surface area contributed by atoms with Crippen LogP contribution in [0.3, 0.4) is 0 Å². The highest BCUT2D eigenvalue weighted by atomic mass is 16.5. The second-order valence-corrected chi connectivity index (χ2v) is 37.3. The first-order valence-electron chi connectivity index (χ1n) is 48.8. The maximum atomic E-state index is 13.0. The summed E-state index contributed by atoms with van der Waals surface area (Å²) in [6.07, 6.45) is 28.2. The van der Waals surface area contributed by atoms with E-state index in [1.807, 2.05) is 72.8 Å². The number of methoxy groups -OCH3 is 4. The van der Waals surface area contributed by atoms with Crippen LogP contribution in [0.25, 0.3) is 112 Å². The summed E-state index contributed by atoms with van der Waals surface area (Å²) in [7, 11) is 14.0. The largest absolute Gasteiger partial charge is 0.391 e. The van der Waals surface area contributed by atoms with Gasteiger partial charge in [-0.2, -0.15) is 38.5 Å². The lowest BCUT2D eigenvalue weighted by Gasteiger charge is -2.32. The van der Waals surface area contributed by atoms with Crippen LogP contribution in [0.2, 0.25) is 0 Å². The Kier molecular flexibility index (Phi) is 27.5. The second-order valence-electron chi connectivity index (χ2n) is 37.3. The lowest BCUT2D eigenvalue weighted by Crippen LogP contribution is -2.50. The monoisotopic (exact) mass is 1960 g/mol. The number of pyridine rings is 4. The minimum atomic E-state index is -0.507. The van der Waals surface area contributed by atoms with E-state index >= 15 is 0 Å². The number of aliphatic hydroxyl groups is 4. The number of amides is 4. The lowest BCUT2D eigenvalue weighted by molar-refractivity contribution is -0.0592. The van der Waals surface area contributed by atoms with Gasteiger partial charge in [-0.15, -0.1) is 0 Å². The first-order valence-corrected chi connectivity index (χ1v) is 48.8. The molecule has 12 N–H and O–H groups in total.